The lowest BCUT2D eigenvalue weighted by Gasteiger charge is -2.28. The summed E-state index contributed by atoms with van der Waals surface area (Å²) >= 11 is 6.25. The van der Waals surface area contributed by atoms with Crippen molar-refractivity contribution in [1.82, 2.24) is 4.90 Å². The summed E-state index contributed by atoms with van der Waals surface area (Å²) < 4.78 is 5.08. The highest BCUT2D eigenvalue weighted by Gasteiger charge is 2.33. The molecule has 1 saturated heterocycles. The number of nitrogens with zero attached hydrogens (tertiary/aromatic N) is 1. The third-order valence-electron chi connectivity index (χ3n) is 3.64. The Morgan fingerprint density at radius 1 is 1.53 bits per heavy atom. The molecule has 1 aromatic carbocycles. The van der Waals surface area contributed by atoms with E-state index in [0.717, 1.165) is 30.0 Å². The number of rotatable bonds is 4. The number of likely N-dealkylation sites (tertiary alicyclic amines) is 1. The maximum Gasteiger partial charge on any atom is 0.228 e. The van der Waals surface area contributed by atoms with Crippen molar-refractivity contribution in [2.24, 2.45) is 5.92 Å². The Hall–Kier alpha value is -1.06. The first-order valence-corrected chi connectivity index (χ1v) is 7.06. The predicted octanol–water partition coefficient (Wildman–Crippen LogP) is 3.29. The molecule has 0 saturated carbocycles. The zero-order chi connectivity index (χ0) is 13.8. The van der Waals surface area contributed by atoms with Gasteiger partial charge in [0.05, 0.1) is 18.6 Å². The number of carbonyl (C=O) groups is 1. The molecular formula is C15H20ClNO2. The second kappa shape index (κ2) is 6.40. The van der Waals surface area contributed by atoms with Crippen molar-refractivity contribution >= 4 is 17.5 Å². The molecule has 3 nitrogen and oxygen atoms in total. The zero-order valence-electron chi connectivity index (χ0n) is 11.4. The number of carbonyl (C=O) groups excluding carboxylic acids is 1. The Morgan fingerprint density at radius 3 is 2.95 bits per heavy atom. The van der Waals surface area contributed by atoms with Crippen LogP contribution in [0.3, 0.4) is 0 Å². The first-order chi connectivity index (χ1) is 9.15. The van der Waals surface area contributed by atoms with Crippen LogP contribution in [0.15, 0.2) is 24.3 Å². The van der Waals surface area contributed by atoms with Crippen LogP contribution in [0.2, 0.25) is 5.02 Å². The van der Waals surface area contributed by atoms with Gasteiger partial charge in [-0.3, -0.25) is 4.79 Å². The molecule has 0 radical (unpaired) electrons. The summed E-state index contributed by atoms with van der Waals surface area (Å²) in [5.41, 5.74) is 1.06. The lowest BCUT2D eigenvalue weighted by atomic mass is 10.0. The van der Waals surface area contributed by atoms with E-state index in [1.165, 1.54) is 0 Å². The van der Waals surface area contributed by atoms with E-state index in [1.54, 1.807) is 7.11 Å². The van der Waals surface area contributed by atoms with Gasteiger partial charge in [0.25, 0.3) is 0 Å². The van der Waals surface area contributed by atoms with E-state index in [-0.39, 0.29) is 17.9 Å². The van der Waals surface area contributed by atoms with Crippen LogP contribution in [0.1, 0.15) is 31.4 Å². The van der Waals surface area contributed by atoms with E-state index in [0.29, 0.717) is 6.61 Å². The maximum absolute atomic E-state index is 12.4. The van der Waals surface area contributed by atoms with Gasteiger partial charge in [0, 0.05) is 18.7 Å². The van der Waals surface area contributed by atoms with Crippen LogP contribution in [0.4, 0.5) is 0 Å². The zero-order valence-corrected chi connectivity index (χ0v) is 12.2. The summed E-state index contributed by atoms with van der Waals surface area (Å²) in [6.07, 6.45) is 2.01. The lowest BCUT2D eigenvalue weighted by Crippen LogP contribution is -2.36. The SMILES string of the molecule is COCC(C)C(=O)N1CCCC1c1ccccc1Cl. The van der Waals surface area contributed by atoms with Crippen LogP contribution >= 0.6 is 11.6 Å². The van der Waals surface area contributed by atoms with Gasteiger partial charge in [0.15, 0.2) is 0 Å². The van der Waals surface area contributed by atoms with Crippen LogP contribution < -0.4 is 0 Å². The maximum atomic E-state index is 12.4. The topological polar surface area (TPSA) is 29.5 Å². The molecule has 1 fully saturated rings. The summed E-state index contributed by atoms with van der Waals surface area (Å²) in [4.78, 5) is 14.4. The minimum absolute atomic E-state index is 0.104. The Balaban J connectivity index is 2.17. The van der Waals surface area contributed by atoms with E-state index < -0.39 is 0 Å². The molecule has 1 aromatic rings. The highest BCUT2D eigenvalue weighted by Crippen LogP contribution is 2.36. The van der Waals surface area contributed by atoms with Crippen molar-refractivity contribution < 1.29 is 9.53 Å². The fraction of sp³-hybridized carbons (Fsp3) is 0.533. The average Bonchev–Trinajstić information content (AvgIpc) is 2.87. The van der Waals surface area contributed by atoms with Gasteiger partial charge < -0.3 is 9.64 Å². The molecule has 0 bridgehead atoms. The molecule has 1 amide bonds. The van der Waals surface area contributed by atoms with Gasteiger partial charge in [-0.15, -0.1) is 0 Å². The Kier molecular flexibility index (Phi) is 4.83. The van der Waals surface area contributed by atoms with Gasteiger partial charge in [-0.25, -0.2) is 0 Å². The van der Waals surface area contributed by atoms with E-state index in [9.17, 15) is 4.79 Å². The molecule has 0 aliphatic carbocycles. The van der Waals surface area contributed by atoms with Crippen LogP contribution in [0.5, 0.6) is 0 Å². The minimum atomic E-state index is -0.104. The van der Waals surface area contributed by atoms with Crippen LogP contribution in [-0.2, 0) is 9.53 Å². The number of halogens is 1. The first-order valence-electron chi connectivity index (χ1n) is 6.69. The number of amides is 1. The monoisotopic (exact) mass is 281 g/mol. The molecule has 1 aliphatic heterocycles. The Labute approximate surface area is 119 Å². The molecule has 2 atom stereocenters. The average molecular weight is 282 g/mol. The predicted molar refractivity (Wildman–Crippen MR) is 76.2 cm³/mol. The summed E-state index contributed by atoms with van der Waals surface area (Å²) in [5, 5.41) is 0.742. The van der Waals surface area contributed by atoms with Gasteiger partial charge in [0.1, 0.15) is 0 Å². The third kappa shape index (κ3) is 3.10. The number of benzene rings is 1. The third-order valence-corrected chi connectivity index (χ3v) is 3.98. The number of methoxy groups -OCH3 is 1. The van der Waals surface area contributed by atoms with Crippen LogP contribution in [0, 0.1) is 5.92 Å². The molecule has 104 valence electrons. The van der Waals surface area contributed by atoms with Gasteiger partial charge in [-0.05, 0) is 24.5 Å². The molecule has 1 heterocycles. The molecule has 2 rings (SSSR count). The van der Waals surface area contributed by atoms with E-state index in [2.05, 4.69) is 0 Å². The van der Waals surface area contributed by atoms with Crippen molar-refractivity contribution in [2.75, 3.05) is 20.3 Å². The van der Waals surface area contributed by atoms with Crippen LogP contribution in [0.25, 0.3) is 0 Å². The Morgan fingerprint density at radius 2 is 2.26 bits per heavy atom. The largest absolute Gasteiger partial charge is 0.384 e. The lowest BCUT2D eigenvalue weighted by molar-refractivity contribution is -0.137. The quantitative estimate of drug-likeness (QED) is 0.848. The van der Waals surface area contributed by atoms with Gasteiger partial charge in [0.2, 0.25) is 5.91 Å². The van der Waals surface area contributed by atoms with Crippen molar-refractivity contribution in [2.45, 2.75) is 25.8 Å². The molecular weight excluding hydrogens is 262 g/mol. The standard InChI is InChI=1S/C15H20ClNO2/c1-11(10-19-2)15(18)17-9-5-8-14(17)12-6-3-4-7-13(12)16/h3-4,6-7,11,14H,5,8-10H2,1-2H3. The summed E-state index contributed by atoms with van der Waals surface area (Å²) in [5.74, 6) is 0.0531. The highest BCUT2D eigenvalue weighted by atomic mass is 35.5. The van der Waals surface area contributed by atoms with Crippen molar-refractivity contribution in [3.63, 3.8) is 0 Å². The van der Waals surface area contributed by atoms with Crippen molar-refractivity contribution in [3.8, 4) is 0 Å². The molecule has 4 heteroatoms. The highest BCUT2D eigenvalue weighted by molar-refractivity contribution is 6.31. The first kappa shape index (κ1) is 14.4. The van der Waals surface area contributed by atoms with E-state index in [4.69, 9.17) is 16.3 Å². The van der Waals surface area contributed by atoms with Crippen molar-refractivity contribution in [1.29, 1.82) is 0 Å². The molecule has 19 heavy (non-hydrogen) atoms. The van der Waals surface area contributed by atoms with Gasteiger partial charge in [-0.2, -0.15) is 0 Å². The molecule has 0 N–H and O–H groups in total. The van der Waals surface area contributed by atoms with Crippen molar-refractivity contribution in [3.05, 3.63) is 34.9 Å². The molecule has 1 aliphatic rings. The fourth-order valence-electron chi connectivity index (χ4n) is 2.70. The number of hydrogen-bond donors (Lipinski definition) is 0. The summed E-state index contributed by atoms with van der Waals surface area (Å²) in [7, 11) is 1.62. The second-order valence-corrected chi connectivity index (χ2v) is 5.47. The van der Waals surface area contributed by atoms with E-state index >= 15 is 0 Å². The Bertz CT molecular complexity index is 450. The summed E-state index contributed by atoms with van der Waals surface area (Å²) in [6, 6.07) is 7.90. The second-order valence-electron chi connectivity index (χ2n) is 5.07. The number of hydrogen-bond acceptors (Lipinski definition) is 2. The molecule has 0 aromatic heterocycles. The van der Waals surface area contributed by atoms with Crippen LogP contribution in [-0.4, -0.2) is 31.1 Å². The smallest absolute Gasteiger partial charge is 0.228 e. The minimum Gasteiger partial charge on any atom is -0.384 e. The number of ether oxygens (including phenoxy) is 1. The molecule has 2 unspecified atom stereocenters. The van der Waals surface area contributed by atoms with E-state index in [1.807, 2.05) is 36.1 Å². The normalized spacial score (nSPS) is 20.6. The van der Waals surface area contributed by atoms with Gasteiger partial charge in [-0.1, -0.05) is 36.7 Å². The fourth-order valence-corrected chi connectivity index (χ4v) is 2.97. The summed E-state index contributed by atoms with van der Waals surface area (Å²) in [6.45, 7) is 3.18. The molecule has 0 spiro atoms. The van der Waals surface area contributed by atoms with Gasteiger partial charge >= 0.3 is 0 Å².